The average Bonchev–Trinajstić information content (AvgIpc) is 3.47. The SMILES string of the molecule is [2H]C([2H])(c1ccnc2[nH]ccc12)N1CCc2c(NC(=O)Nc3ccc(OC)cc3)cccc21. The molecule has 2 amide bonds. The predicted molar refractivity (Wildman–Crippen MR) is 123 cm³/mol. The quantitative estimate of drug-likeness (QED) is 0.438. The number of anilines is 3. The molecule has 0 bridgehead atoms. The second kappa shape index (κ2) is 8.02. The lowest BCUT2D eigenvalue weighted by atomic mass is 10.1. The van der Waals surface area contributed by atoms with E-state index in [0.29, 0.717) is 41.3 Å². The van der Waals surface area contributed by atoms with Crippen LogP contribution in [0.3, 0.4) is 0 Å². The molecule has 1 aliphatic heterocycles. The summed E-state index contributed by atoms with van der Waals surface area (Å²) in [4.78, 5) is 21.7. The molecule has 7 nitrogen and oxygen atoms in total. The lowest BCUT2D eigenvalue weighted by Gasteiger charge is -2.20. The second-order valence-electron chi connectivity index (χ2n) is 7.22. The van der Waals surface area contributed by atoms with Gasteiger partial charge in [0.05, 0.1) is 9.85 Å². The number of urea groups is 1. The van der Waals surface area contributed by atoms with Crippen molar-refractivity contribution in [3.05, 3.63) is 78.1 Å². The summed E-state index contributed by atoms with van der Waals surface area (Å²) in [7, 11) is 1.59. The Morgan fingerprint density at radius 1 is 1.19 bits per heavy atom. The van der Waals surface area contributed by atoms with E-state index in [9.17, 15) is 4.79 Å². The fourth-order valence-electron chi connectivity index (χ4n) is 3.83. The number of hydrogen-bond acceptors (Lipinski definition) is 4. The Morgan fingerprint density at radius 2 is 2.06 bits per heavy atom. The Bertz CT molecular complexity index is 1320. The number of aromatic amines is 1. The molecule has 0 fully saturated rings. The summed E-state index contributed by atoms with van der Waals surface area (Å²) in [5, 5.41) is 6.48. The van der Waals surface area contributed by atoms with Crippen molar-refractivity contribution in [3.63, 3.8) is 0 Å². The molecule has 4 aromatic rings. The van der Waals surface area contributed by atoms with Gasteiger partial charge < -0.3 is 25.3 Å². The number of H-pyrrole nitrogens is 1. The van der Waals surface area contributed by atoms with Gasteiger partial charge in [-0.25, -0.2) is 9.78 Å². The highest BCUT2D eigenvalue weighted by atomic mass is 16.5. The number of methoxy groups -OCH3 is 1. The van der Waals surface area contributed by atoms with Crippen molar-refractivity contribution in [3.8, 4) is 5.75 Å². The predicted octanol–water partition coefficient (Wildman–Crippen LogP) is 4.78. The molecule has 156 valence electrons. The van der Waals surface area contributed by atoms with E-state index in [1.165, 1.54) is 0 Å². The number of carbonyl (C=O) groups excluding carboxylic acids is 1. The summed E-state index contributed by atoms with van der Waals surface area (Å²) in [5.74, 6) is 0.710. The third kappa shape index (κ3) is 3.77. The van der Waals surface area contributed by atoms with Gasteiger partial charge in [-0.15, -0.1) is 0 Å². The Hall–Kier alpha value is -4.00. The van der Waals surface area contributed by atoms with Crippen LogP contribution < -0.4 is 20.3 Å². The number of nitrogens with one attached hydrogen (secondary N) is 3. The van der Waals surface area contributed by atoms with Crippen molar-refractivity contribution in [1.82, 2.24) is 9.97 Å². The third-order valence-corrected chi connectivity index (χ3v) is 5.34. The van der Waals surface area contributed by atoms with Crippen LogP contribution in [0.4, 0.5) is 21.9 Å². The normalized spacial score (nSPS) is 14.0. The van der Waals surface area contributed by atoms with E-state index in [4.69, 9.17) is 7.48 Å². The number of amides is 2. The highest BCUT2D eigenvalue weighted by Gasteiger charge is 2.23. The maximum Gasteiger partial charge on any atom is 0.323 e. The van der Waals surface area contributed by atoms with Gasteiger partial charge in [0.2, 0.25) is 0 Å². The van der Waals surface area contributed by atoms with Crippen LogP contribution in [0.5, 0.6) is 5.75 Å². The maximum atomic E-state index is 12.6. The zero-order chi connectivity index (χ0) is 23.0. The number of rotatable bonds is 5. The maximum absolute atomic E-state index is 12.6. The molecule has 0 radical (unpaired) electrons. The van der Waals surface area contributed by atoms with Crippen molar-refractivity contribution in [1.29, 1.82) is 0 Å². The molecular formula is C24H23N5O2. The van der Waals surface area contributed by atoms with Gasteiger partial charge in [0.25, 0.3) is 0 Å². The third-order valence-electron chi connectivity index (χ3n) is 5.34. The van der Waals surface area contributed by atoms with Crippen LogP contribution >= 0.6 is 0 Å². The van der Waals surface area contributed by atoms with E-state index in [2.05, 4.69) is 20.6 Å². The van der Waals surface area contributed by atoms with E-state index in [-0.39, 0.29) is 6.03 Å². The summed E-state index contributed by atoms with van der Waals surface area (Å²) >= 11 is 0. The van der Waals surface area contributed by atoms with Gasteiger partial charge in [0.1, 0.15) is 11.4 Å². The molecule has 0 atom stereocenters. The monoisotopic (exact) mass is 415 g/mol. The first-order chi connectivity index (χ1) is 16.0. The van der Waals surface area contributed by atoms with E-state index >= 15 is 0 Å². The topological polar surface area (TPSA) is 82.3 Å². The van der Waals surface area contributed by atoms with Crippen LogP contribution in [0.2, 0.25) is 0 Å². The van der Waals surface area contributed by atoms with Gasteiger partial charge in [-0.1, -0.05) is 6.07 Å². The van der Waals surface area contributed by atoms with Crippen molar-refractivity contribution in [2.75, 3.05) is 29.2 Å². The molecule has 0 saturated heterocycles. The molecule has 2 aromatic carbocycles. The van der Waals surface area contributed by atoms with E-state index in [1.54, 1.807) is 54.7 Å². The Morgan fingerprint density at radius 3 is 2.90 bits per heavy atom. The van der Waals surface area contributed by atoms with Crippen molar-refractivity contribution >= 4 is 34.1 Å². The van der Waals surface area contributed by atoms with Crippen LogP contribution in [0.15, 0.2) is 67.0 Å². The number of ether oxygens (including phenoxy) is 1. The molecule has 0 spiro atoms. The smallest absolute Gasteiger partial charge is 0.323 e. The van der Waals surface area contributed by atoms with Crippen molar-refractivity contribution in [2.24, 2.45) is 0 Å². The van der Waals surface area contributed by atoms with E-state index < -0.39 is 6.50 Å². The molecule has 1 aliphatic rings. The molecular weight excluding hydrogens is 390 g/mol. The van der Waals surface area contributed by atoms with Gasteiger partial charge in [-0.3, -0.25) is 0 Å². The van der Waals surface area contributed by atoms with E-state index in [1.807, 2.05) is 24.3 Å². The Balaban J connectivity index is 1.39. The number of nitrogens with zero attached hydrogens (tertiary/aromatic N) is 2. The molecule has 2 aromatic heterocycles. The average molecular weight is 415 g/mol. The minimum atomic E-state index is -1.75. The van der Waals surface area contributed by atoms with Crippen LogP contribution in [-0.2, 0) is 12.9 Å². The van der Waals surface area contributed by atoms with Crippen LogP contribution in [0.25, 0.3) is 11.0 Å². The number of benzene rings is 2. The zero-order valence-electron chi connectivity index (χ0n) is 19.0. The number of pyridine rings is 1. The first-order valence-electron chi connectivity index (χ1n) is 11.0. The summed E-state index contributed by atoms with van der Waals surface area (Å²) in [6.45, 7) is -1.26. The number of aromatic nitrogens is 2. The molecule has 7 heteroatoms. The standard InChI is InChI=1S/C24H23N5O2/c1-31-18-7-5-17(6-8-18)27-24(30)28-21-3-2-4-22-20(21)11-14-29(22)15-16-9-12-25-23-19(16)10-13-26-23/h2-10,12-13H,11,14-15H2,1H3,(H,25,26)(H2,27,28,30)/i15D2. The fraction of sp³-hybridized carbons (Fsp3) is 0.167. The van der Waals surface area contributed by atoms with Gasteiger partial charge >= 0.3 is 6.03 Å². The number of carbonyl (C=O) groups is 1. The fourth-order valence-corrected chi connectivity index (χ4v) is 3.83. The van der Waals surface area contributed by atoms with Gasteiger partial charge in [-0.05, 0) is 60.5 Å². The first-order valence-corrected chi connectivity index (χ1v) is 10.0. The zero-order valence-corrected chi connectivity index (χ0v) is 17.0. The molecule has 0 saturated carbocycles. The highest BCUT2D eigenvalue weighted by Crippen LogP contribution is 2.35. The summed E-state index contributed by atoms with van der Waals surface area (Å²) in [6, 6.07) is 15.8. The Kier molecular flexibility index (Phi) is 4.34. The molecule has 5 rings (SSSR count). The number of hydrogen-bond donors (Lipinski definition) is 3. The summed E-state index contributed by atoms with van der Waals surface area (Å²) in [6.07, 6.45) is 4.00. The highest BCUT2D eigenvalue weighted by molar-refractivity contribution is 6.01. The first kappa shape index (κ1) is 16.8. The molecule has 0 aliphatic carbocycles. The lowest BCUT2D eigenvalue weighted by molar-refractivity contribution is 0.262. The van der Waals surface area contributed by atoms with Crippen molar-refractivity contribution < 1.29 is 12.3 Å². The van der Waals surface area contributed by atoms with Crippen LogP contribution in [-0.4, -0.2) is 29.7 Å². The number of fused-ring (bicyclic) bond motifs is 2. The second-order valence-corrected chi connectivity index (χ2v) is 7.22. The molecule has 3 N–H and O–H groups in total. The van der Waals surface area contributed by atoms with Gasteiger partial charge in [0, 0.05) is 53.4 Å². The Labute approximate surface area is 182 Å². The minimum Gasteiger partial charge on any atom is -0.497 e. The molecule has 3 heterocycles. The largest absolute Gasteiger partial charge is 0.497 e. The molecule has 0 unspecified atom stereocenters. The van der Waals surface area contributed by atoms with Crippen molar-refractivity contribution in [2.45, 2.75) is 12.9 Å². The van der Waals surface area contributed by atoms with Crippen LogP contribution in [0, 0.1) is 0 Å². The van der Waals surface area contributed by atoms with Crippen LogP contribution in [0.1, 0.15) is 13.9 Å². The van der Waals surface area contributed by atoms with E-state index in [0.717, 1.165) is 16.6 Å². The van der Waals surface area contributed by atoms with Gasteiger partial charge in [0.15, 0.2) is 0 Å². The van der Waals surface area contributed by atoms with Gasteiger partial charge in [-0.2, -0.15) is 0 Å². The summed E-state index contributed by atoms with van der Waals surface area (Å²) < 4.78 is 23.0. The lowest BCUT2D eigenvalue weighted by Crippen LogP contribution is -2.20. The molecule has 31 heavy (non-hydrogen) atoms. The summed E-state index contributed by atoms with van der Waals surface area (Å²) in [5.41, 5.74) is 4.19. The minimum absolute atomic E-state index is 0.363.